The fraction of sp³-hybridized carbons (Fsp3) is 0.762. The van der Waals surface area contributed by atoms with Crippen LogP contribution in [0.15, 0.2) is 6.20 Å². The minimum atomic E-state index is -0.736. The molecule has 2 heterocycles. The summed E-state index contributed by atoms with van der Waals surface area (Å²) in [5.41, 5.74) is 2.51. The van der Waals surface area contributed by atoms with E-state index in [1.807, 2.05) is 6.20 Å². The number of hydrogen-bond acceptors (Lipinski definition) is 4. The summed E-state index contributed by atoms with van der Waals surface area (Å²) in [5, 5.41) is 0. The topological polar surface area (TPSA) is 60.6 Å². The molecule has 1 aromatic heterocycles. The van der Waals surface area contributed by atoms with Gasteiger partial charge in [-0.2, -0.15) is 0 Å². The van der Waals surface area contributed by atoms with Crippen molar-refractivity contribution in [1.29, 1.82) is 0 Å². The third-order valence-corrected chi connectivity index (χ3v) is 5.48. The van der Waals surface area contributed by atoms with E-state index >= 15 is 0 Å². The molecule has 5 nitrogen and oxygen atoms in total. The highest BCUT2D eigenvalue weighted by atomic mass is 16.7. The normalized spacial score (nSPS) is 18.2. The van der Waals surface area contributed by atoms with Crippen LogP contribution in [-0.2, 0) is 26.4 Å². The Labute approximate surface area is 156 Å². The third kappa shape index (κ3) is 4.49. The van der Waals surface area contributed by atoms with Gasteiger partial charge in [-0.15, -0.1) is 0 Å². The van der Waals surface area contributed by atoms with Gasteiger partial charge in [0, 0.05) is 18.2 Å². The van der Waals surface area contributed by atoms with Crippen LogP contribution in [0.4, 0.5) is 0 Å². The number of H-pyrrole nitrogens is 1. The molecule has 1 aliphatic carbocycles. The van der Waals surface area contributed by atoms with Gasteiger partial charge in [-0.25, -0.2) is 4.79 Å². The maximum atomic E-state index is 12.6. The second kappa shape index (κ2) is 9.56. The Hall–Kier alpha value is -1.33. The lowest BCUT2D eigenvalue weighted by Crippen LogP contribution is -2.33. The number of esters is 1. The Balaban J connectivity index is 1.44. The Morgan fingerprint density at radius 1 is 1.12 bits per heavy atom. The van der Waals surface area contributed by atoms with Crippen LogP contribution in [0.25, 0.3) is 0 Å². The smallest absolute Gasteiger partial charge is 0.355 e. The number of aromatic nitrogens is 1. The number of carbonyl (C=O) groups excluding carboxylic acids is 1. The number of rotatable bonds is 10. The molecular weight excluding hydrogens is 330 g/mol. The number of carbonyl (C=O) groups is 1. The van der Waals surface area contributed by atoms with Crippen molar-refractivity contribution in [3.8, 4) is 0 Å². The first-order valence-electron chi connectivity index (χ1n) is 10.4. The van der Waals surface area contributed by atoms with Crippen molar-refractivity contribution >= 4 is 5.97 Å². The molecule has 0 amide bonds. The van der Waals surface area contributed by atoms with Crippen molar-refractivity contribution < 1.29 is 19.0 Å². The van der Waals surface area contributed by atoms with Gasteiger partial charge >= 0.3 is 5.97 Å². The number of nitrogens with one attached hydrogen (secondary N) is 1. The van der Waals surface area contributed by atoms with E-state index in [0.29, 0.717) is 25.5 Å². The molecule has 1 N–H and O–H groups in total. The zero-order valence-electron chi connectivity index (χ0n) is 16.1. The van der Waals surface area contributed by atoms with Gasteiger partial charge in [0.05, 0.1) is 19.8 Å². The van der Waals surface area contributed by atoms with E-state index in [9.17, 15) is 4.79 Å². The minimum absolute atomic E-state index is 0.283. The minimum Gasteiger partial charge on any atom is -0.461 e. The van der Waals surface area contributed by atoms with Gasteiger partial charge in [-0.05, 0) is 24.8 Å². The van der Waals surface area contributed by atoms with Crippen LogP contribution in [0.3, 0.4) is 0 Å². The maximum Gasteiger partial charge on any atom is 0.355 e. The molecule has 1 fully saturated rings. The Bertz CT molecular complexity index is 575. The second-order valence-corrected chi connectivity index (χ2v) is 7.48. The summed E-state index contributed by atoms with van der Waals surface area (Å²) in [4.78, 5) is 15.7. The summed E-state index contributed by atoms with van der Waals surface area (Å²) in [5.74, 6) is -1.02. The lowest BCUT2D eigenvalue weighted by molar-refractivity contribution is -0.175. The third-order valence-electron chi connectivity index (χ3n) is 5.48. The van der Waals surface area contributed by atoms with E-state index in [2.05, 4.69) is 11.9 Å². The molecule has 3 rings (SSSR count). The van der Waals surface area contributed by atoms with Crippen LogP contribution in [0.5, 0.6) is 0 Å². The largest absolute Gasteiger partial charge is 0.461 e. The highest BCUT2D eigenvalue weighted by Crippen LogP contribution is 2.43. The standard InChI is InChI=1S/C21H33NO4/c1-2-3-4-5-6-7-8-9-13-24-20(23)19-18-17(16-22-19)11-10-12-21(18)25-14-15-26-21/h16,22H,2-15H2,1H3. The van der Waals surface area contributed by atoms with E-state index in [1.165, 1.54) is 38.5 Å². The molecule has 1 spiro atoms. The molecular formula is C21H33NO4. The van der Waals surface area contributed by atoms with Crippen molar-refractivity contribution in [3.63, 3.8) is 0 Å². The molecule has 0 aromatic carbocycles. The van der Waals surface area contributed by atoms with Gasteiger partial charge in [0.2, 0.25) is 0 Å². The van der Waals surface area contributed by atoms with E-state index in [0.717, 1.165) is 43.2 Å². The lowest BCUT2D eigenvalue weighted by Gasteiger charge is -2.32. The number of hydrogen-bond donors (Lipinski definition) is 1. The fourth-order valence-corrected chi connectivity index (χ4v) is 4.11. The number of aromatic amines is 1. The first-order chi connectivity index (χ1) is 12.8. The average Bonchev–Trinajstić information content (AvgIpc) is 3.29. The van der Waals surface area contributed by atoms with Crippen LogP contribution in [0, 0.1) is 0 Å². The van der Waals surface area contributed by atoms with Crippen LogP contribution < -0.4 is 0 Å². The van der Waals surface area contributed by atoms with E-state index < -0.39 is 5.79 Å². The fourth-order valence-electron chi connectivity index (χ4n) is 4.11. The number of aryl methyl sites for hydroxylation is 1. The first-order valence-corrected chi connectivity index (χ1v) is 10.4. The second-order valence-electron chi connectivity index (χ2n) is 7.48. The zero-order chi connectivity index (χ0) is 18.2. The molecule has 0 unspecified atom stereocenters. The SMILES string of the molecule is CCCCCCCCCCOC(=O)c1[nH]cc2c1C1(CCC2)OCCO1. The highest BCUT2D eigenvalue weighted by Gasteiger charge is 2.45. The van der Waals surface area contributed by atoms with Gasteiger partial charge < -0.3 is 19.2 Å². The van der Waals surface area contributed by atoms with Crippen molar-refractivity contribution in [2.75, 3.05) is 19.8 Å². The summed E-state index contributed by atoms with van der Waals surface area (Å²) >= 11 is 0. The van der Waals surface area contributed by atoms with Gasteiger partial charge in [0.1, 0.15) is 5.69 Å². The number of ether oxygens (including phenoxy) is 3. The van der Waals surface area contributed by atoms with Crippen LogP contribution in [0.1, 0.15) is 92.7 Å². The number of unbranched alkanes of at least 4 members (excludes halogenated alkanes) is 7. The Morgan fingerprint density at radius 2 is 1.81 bits per heavy atom. The van der Waals surface area contributed by atoms with Gasteiger partial charge in [-0.1, -0.05) is 51.9 Å². The summed E-state index contributed by atoms with van der Waals surface area (Å²) < 4.78 is 17.3. The monoisotopic (exact) mass is 363 g/mol. The predicted molar refractivity (Wildman–Crippen MR) is 100 cm³/mol. The van der Waals surface area contributed by atoms with E-state index in [4.69, 9.17) is 14.2 Å². The summed E-state index contributed by atoms with van der Waals surface area (Å²) in [6.45, 7) is 3.88. The molecule has 146 valence electrons. The molecule has 0 atom stereocenters. The first kappa shape index (κ1) is 19.4. The van der Waals surface area contributed by atoms with Crippen molar-refractivity contribution in [3.05, 3.63) is 23.0 Å². The maximum absolute atomic E-state index is 12.6. The molecule has 0 radical (unpaired) electrons. The quantitative estimate of drug-likeness (QED) is 0.477. The van der Waals surface area contributed by atoms with Gasteiger partial charge in [0.15, 0.2) is 5.79 Å². The molecule has 5 heteroatoms. The predicted octanol–water partition coefficient (Wildman–Crippen LogP) is 4.85. The summed E-state index contributed by atoms with van der Waals surface area (Å²) in [6, 6.07) is 0. The summed E-state index contributed by atoms with van der Waals surface area (Å²) in [7, 11) is 0. The molecule has 1 aromatic rings. The van der Waals surface area contributed by atoms with Crippen LogP contribution in [0.2, 0.25) is 0 Å². The summed E-state index contributed by atoms with van der Waals surface area (Å²) in [6.07, 6.45) is 14.5. The van der Waals surface area contributed by atoms with Crippen LogP contribution >= 0.6 is 0 Å². The molecule has 2 aliphatic rings. The van der Waals surface area contributed by atoms with E-state index in [1.54, 1.807) is 0 Å². The number of fused-ring (bicyclic) bond motifs is 2. The Kier molecular flexibility index (Phi) is 7.15. The molecule has 1 saturated heterocycles. The van der Waals surface area contributed by atoms with Crippen molar-refractivity contribution in [1.82, 2.24) is 4.98 Å². The van der Waals surface area contributed by atoms with Gasteiger partial charge in [-0.3, -0.25) is 0 Å². The van der Waals surface area contributed by atoms with E-state index in [-0.39, 0.29) is 5.97 Å². The van der Waals surface area contributed by atoms with Crippen LogP contribution in [-0.4, -0.2) is 30.8 Å². The molecule has 1 aliphatic heterocycles. The van der Waals surface area contributed by atoms with Gasteiger partial charge in [0.25, 0.3) is 0 Å². The van der Waals surface area contributed by atoms with Crippen molar-refractivity contribution in [2.45, 2.75) is 83.3 Å². The lowest BCUT2D eigenvalue weighted by atomic mass is 9.88. The molecule has 0 saturated carbocycles. The molecule has 0 bridgehead atoms. The molecule has 26 heavy (non-hydrogen) atoms. The average molecular weight is 363 g/mol. The Morgan fingerprint density at radius 3 is 2.54 bits per heavy atom. The van der Waals surface area contributed by atoms with Crippen molar-refractivity contribution in [2.24, 2.45) is 0 Å². The highest BCUT2D eigenvalue weighted by molar-refractivity contribution is 5.90. The zero-order valence-corrected chi connectivity index (χ0v) is 16.1.